The van der Waals surface area contributed by atoms with Crippen molar-refractivity contribution in [3.63, 3.8) is 0 Å². The fourth-order valence-corrected chi connectivity index (χ4v) is 1.51. The van der Waals surface area contributed by atoms with Gasteiger partial charge in [0.05, 0.1) is 19.1 Å². The molecule has 2 atom stereocenters. The standard InChI is InChI=1S/C10H13N3O2/c11-9-6-15-5-8(9)10(14)13-7-1-3-12-4-2-7/h1-4,8-9H,5-6,11H2,(H,12,13,14). The van der Waals surface area contributed by atoms with E-state index >= 15 is 0 Å². The van der Waals surface area contributed by atoms with Crippen molar-refractivity contribution in [3.05, 3.63) is 24.5 Å². The maximum atomic E-state index is 11.7. The first-order valence-corrected chi connectivity index (χ1v) is 4.81. The van der Waals surface area contributed by atoms with Crippen molar-refractivity contribution in [3.8, 4) is 0 Å². The van der Waals surface area contributed by atoms with E-state index in [0.29, 0.717) is 13.2 Å². The normalized spacial score (nSPS) is 25.1. The highest BCUT2D eigenvalue weighted by Gasteiger charge is 2.31. The zero-order valence-corrected chi connectivity index (χ0v) is 8.22. The van der Waals surface area contributed by atoms with Crippen LogP contribution in [0.1, 0.15) is 0 Å². The van der Waals surface area contributed by atoms with Gasteiger partial charge in [-0.05, 0) is 12.1 Å². The number of carbonyl (C=O) groups is 1. The SMILES string of the molecule is NC1COCC1C(=O)Nc1ccncc1. The molecule has 2 rings (SSSR count). The first-order chi connectivity index (χ1) is 7.27. The number of aromatic nitrogens is 1. The number of anilines is 1. The summed E-state index contributed by atoms with van der Waals surface area (Å²) in [5.74, 6) is -0.343. The predicted octanol–water partition coefficient (Wildman–Crippen LogP) is -0.00620. The van der Waals surface area contributed by atoms with Crippen LogP contribution >= 0.6 is 0 Å². The maximum Gasteiger partial charge on any atom is 0.231 e. The van der Waals surface area contributed by atoms with Gasteiger partial charge in [0.2, 0.25) is 5.91 Å². The highest BCUT2D eigenvalue weighted by atomic mass is 16.5. The smallest absolute Gasteiger partial charge is 0.231 e. The topological polar surface area (TPSA) is 77.2 Å². The summed E-state index contributed by atoms with van der Waals surface area (Å²) in [6.07, 6.45) is 3.25. The van der Waals surface area contributed by atoms with Crippen LogP contribution in [0.4, 0.5) is 5.69 Å². The van der Waals surface area contributed by atoms with Gasteiger partial charge in [-0.25, -0.2) is 0 Å². The zero-order chi connectivity index (χ0) is 10.7. The van der Waals surface area contributed by atoms with Crippen molar-refractivity contribution in [1.29, 1.82) is 0 Å². The summed E-state index contributed by atoms with van der Waals surface area (Å²) in [6, 6.07) is 3.27. The Bertz CT molecular complexity index is 342. The van der Waals surface area contributed by atoms with Gasteiger partial charge in [-0.1, -0.05) is 0 Å². The maximum absolute atomic E-state index is 11.7. The average molecular weight is 207 g/mol. The highest BCUT2D eigenvalue weighted by Crippen LogP contribution is 2.14. The number of amides is 1. The van der Waals surface area contributed by atoms with Gasteiger partial charge in [-0.3, -0.25) is 9.78 Å². The van der Waals surface area contributed by atoms with Gasteiger partial charge in [0, 0.05) is 24.1 Å². The number of carbonyl (C=O) groups excluding carboxylic acids is 1. The van der Waals surface area contributed by atoms with E-state index < -0.39 is 0 Å². The van der Waals surface area contributed by atoms with Gasteiger partial charge in [0.1, 0.15) is 0 Å². The molecule has 0 saturated carbocycles. The van der Waals surface area contributed by atoms with Gasteiger partial charge in [-0.2, -0.15) is 0 Å². The fraction of sp³-hybridized carbons (Fsp3) is 0.400. The molecule has 5 heteroatoms. The molecule has 0 aromatic carbocycles. The Morgan fingerprint density at radius 2 is 2.20 bits per heavy atom. The van der Waals surface area contributed by atoms with E-state index in [1.54, 1.807) is 24.5 Å². The Kier molecular flexibility index (Phi) is 2.94. The first kappa shape index (κ1) is 10.1. The lowest BCUT2D eigenvalue weighted by Crippen LogP contribution is -2.37. The minimum Gasteiger partial charge on any atom is -0.379 e. The fourth-order valence-electron chi connectivity index (χ4n) is 1.51. The van der Waals surface area contributed by atoms with Crippen LogP contribution in [0.25, 0.3) is 0 Å². The Morgan fingerprint density at radius 3 is 2.80 bits per heavy atom. The molecule has 1 aliphatic rings. The van der Waals surface area contributed by atoms with Crippen LogP contribution in [0, 0.1) is 5.92 Å². The van der Waals surface area contributed by atoms with Crippen molar-refractivity contribution in [2.24, 2.45) is 11.7 Å². The molecule has 0 spiro atoms. The number of hydrogen-bond donors (Lipinski definition) is 2. The number of hydrogen-bond acceptors (Lipinski definition) is 4. The molecule has 1 amide bonds. The van der Waals surface area contributed by atoms with Gasteiger partial charge >= 0.3 is 0 Å². The Hall–Kier alpha value is -1.46. The summed E-state index contributed by atoms with van der Waals surface area (Å²) in [7, 11) is 0. The quantitative estimate of drug-likeness (QED) is 0.715. The number of nitrogens with zero attached hydrogens (tertiary/aromatic N) is 1. The summed E-state index contributed by atoms with van der Waals surface area (Å²) in [5, 5.41) is 2.78. The summed E-state index contributed by atoms with van der Waals surface area (Å²) >= 11 is 0. The Balaban J connectivity index is 1.98. The average Bonchev–Trinajstić information content (AvgIpc) is 2.66. The van der Waals surface area contributed by atoms with E-state index in [2.05, 4.69) is 10.3 Å². The first-order valence-electron chi connectivity index (χ1n) is 4.81. The van der Waals surface area contributed by atoms with Crippen molar-refractivity contribution in [1.82, 2.24) is 4.98 Å². The van der Waals surface area contributed by atoms with Gasteiger partial charge in [0.25, 0.3) is 0 Å². The number of nitrogens with one attached hydrogen (secondary N) is 1. The molecule has 80 valence electrons. The third kappa shape index (κ3) is 2.31. The molecule has 1 aromatic rings. The van der Waals surface area contributed by atoms with Gasteiger partial charge < -0.3 is 15.8 Å². The zero-order valence-electron chi connectivity index (χ0n) is 8.22. The van der Waals surface area contributed by atoms with E-state index in [1.807, 2.05) is 0 Å². The minimum atomic E-state index is -0.252. The van der Waals surface area contributed by atoms with Crippen molar-refractivity contribution >= 4 is 11.6 Å². The molecule has 0 aliphatic carbocycles. The van der Waals surface area contributed by atoms with Gasteiger partial charge in [-0.15, -0.1) is 0 Å². The monoisotopic (exact) mass is 207 g/mol. The van der Waals surface area contributed by atoms with Crippen LogP contribution in [-0.2, 0) is 9.53 Å². The second kappa shape index (κ2) is 4.37. The largest absolute Gasteiger partial charge is 0.379 e. The molecule has 0 radical (unpaired) electrons. The molecule has 1 aliphatic heterocycles. The Morgan fingerprint density at radius 1 is 1.47 bits per heavy atom. The molecule has 1 saturated heterocycles. The molecule has 15 heavy (non-hydrogen) atoms. The van der Waals surface area contributed by atoms with Crippen LogP contribution in [0.15, 0.2) is 24.5 Å². The minimum absolute atomic E-state index is 0.0915. The van der Waals surface area contributed by atoms with Crippen LogP contribution in [0.3, 0.4) is 0 Å². The lowest BCUT2D eigenvalue weighted by Gasteiger charge is -2.12. The van der Waals surface area contributed by atoms with Crippen LogP contribution in [-0.4, -0.2) is 30.1 Å². The predicted molar refractivity (Wildman–Crippen MR) is 55.2 cm³/mol. The molecule has 2 unspecified atom stereocenters. The van der Waals surface area contributed by atoms with E-state index in [4.69, 9.17) is 10.5 Å². The highest BCUT2D eigenvalue weighted by molar-refractivity contribution is 5.93. The molecule has 2 heterocycles. The van der Waals surface area contributed by atoms with Crippen LogP contribution < -0.4 is 11.1 Å². The van der Waals surface area contributed by atoms with Gasteiger partial charge in [0.15, 0.2) is 0 Å². The number of pyridine rings is 1. The lowest BCUT2D eigenvalue weighted by molar-refractivity contribution is -0.120. The number of rotatable bonds is 2. The van der Waals surface area contributed by atoms with E-state index in [0.717, 1.165) is 5.69 Å². The summed E-state index contributed by atoms with van der Waals surface area (Å²) in [6.45, 7) is 0.854. The molecule has 0 bridgehead atoms. The summed E-state index contributed by atoms with van der Waals surface area (Å²) < 4.78 is 5.13. The third-order valence-corrected chi connectivity index (χ3v) is 2.41. The molecule has 1 fully saturated rings. The number of ether oxygens (including phenoxy) is 1. The summed E-state index contributed by atoms with van der Waals surface area (Å²) in [4.78, 5) is 15.6. The third-order valence-electron chi connectivity index (χ3n) is 2.41. The molecule has 1 aromatic heterocycles. The number of nitrogens with two attached hydrogens (primary N) is 1. The van der Waals surface area contributed by atoms with Crippen LogP contribution in [0.2, 0.25) is 0 Å². The molecule has 3 N–H and O–H groups in total. The molecule has 5 nitrogen and oxygen atoms in total. The van der Waals surface area contributed by atoms with E-state index in [9.17, 15) is 4.79 Å². The molecular formula is C10H13N3O2. The van der Waals surface area contributed by atoms with E-state index in [1.165, 1.54) is 0 Å². The van der Waals surface area contributed by atoms with Crippen molar-refractivity contribution in [2.45, 2.75) is 6.04 Å². The Labute approximate surface area is 87.6 Å². The van der Waals surface area contributed by atoms with Crippen molar-refractivity contribution in [2.75, 3.05) is 18.5 Å². The van der Waals surface area contributed by atoms with E-state index in [-0.39, 0.29) is 17.9 Å². The second-order valence-electron chi connectivity index (χ2n) is 3.53. The molecular weight excluding hydrogens is 194 g/mol. The second-order valence-corrected chi connectivity index (χ2v) is 3.53. The van der Waals surface area contributed by atoms with Crippen LogP contribution in [0.5, 0.6) is 0 Å². The summed E-state index contributed by atoms with van der Waals surface area (Å²) in [5.41, 5.74) is 6.47. The van der Waals surface area contributed by atoms with Crippen molar-refractivity contribution < 1.29 is 9.53 Å². The lowest BCUT2D eigenvalue weighted by atomic mass is 10.0.